The van der Waals surface area contributed by atoms with Gasteiger partial charge in [0.1, 0.15) is 0 Å². The van der Waals surface area contributed by atoms with Crippen LogP contribution in [0.2, 0.25) is 0 Å². The van der Waals surface area contributed by atoms with E-state index in [4.69, 9.17) is 0 Å². The molecule has 0 spiro atoms. The third-order valence-corrected chi connectivity index (χ3v) is 4.35. The van der Waals surface area contributed by atoms with E-state index in [1.807, 2.05) is 0 Å². The Morgan fingerprint density at radius 1 is 1.09 bits per heavy atom. The molecule has 1 heterocycles. The predicted octanol–water partition coefficient (Wildman–Crippen LogP) is 4.06. The molecule has 2 nitrogen and oxygen atoms in total. The topological polar surface area (TPSA) is 15.3 Å². The maximum Gasteiger partial charge on any atom is 0.416 e. The number of hydrogen-bond acceptors (Lipinski definition) is 2. The number of likely N-dealkylation sites (tertiary alicyclic amines) is 1. The summed E-state index contributed by atoms with van der Waals surface area (Å²) in [6, 6.07) is 6.10. The first-order valence-electron chi connectivity index (χ1n) is 7.81. The minimum atomic E-state index is -4.28. The smallest absolute Gasteiger partial charge is 0.310 e. The average Bonchev–Trinajstić information content (AvgIpc) is 2.44. The van der Waals surface area contributed by atoms with Crippen LogP contribution in [-0.2, 0) is 12.7 Å². The Hall–Kier alpha value is -1.07. The van der Waals surface area contributed by atoms with E-state index >= 15 is 0 Å². The lowest BCUT2D eigenvalue weighted by atomic mass is 9.97. The second-order valence-corrected chi connectivity index (χ2v) is 6.97. The Bertz CT molecular complexity index is 483. The van der Waals surface area contributed by atoms with E-state index in [2.05, 4.69) is 31.0 Å². The van der Waals surface area contributed by atoms with Crippen molar-refractivity contribution in [3.63, 3.8) is 0 Å². The van der Waals surface area contributed by atoms with Gasteiger partial charge in [0.15, 0.2) is 0 Å². The summed E-state index contributed by atoms with van der Waals surface area (Å²) in [6.07, 6.45) is -2.33. The molecule has 1 aliphatic heterocycles. The summed E-state index contributed by atoms with van der Waals surface area (Å²) in [6.45, 7) is 8.83. The maximum atomic E-state index is 13.0. The molecule has 0 amide bonds. The van der Waals surface area contributed by atoms with Gasteiger partial charge < -0.3 is 5.32 Å². The number of nitrogens with one attached hydrogen (secondary N) is 1. The number of hydrogen-bond donors (Lipinski definition) is 1. The second-order valence-electron chi connectivity index (χ2n) is 6.97. The monoisotopic (exact) mass is 314 g/mol. The van der Waals surface area contributed by atoms with Gasteiger partial charge >= 0.3 is 6.18 Å². The molecular weight excluding hydrogens is 289 g/mol. The quantitative estimate of drug-likeness (QED) is 0.905. The van der Waals surface area contributed by atoms with Crippen LogP contribution < -0.4 is 5.32 Å². The van der Waals surface area contributed by atoms with Gasteiger partial charge in [-0.1, -0.05) is 18.2 Å². The molecule has 5 heteroatoms. The van der Waals surface area contributed by atoms with Crippen LogP contribution in [-0.4, -0.2) is 29.6 Å². The second kappa shape index (κ2) is 6.59. The fourth-order valence-electron chi connectivity index (χ4n) is 2.96. The molecule has 22 heavy (non-hydrogen) atoms. The lowest BCUT2D eigenvalue weighted by Crippen LogP contribution is -2.49. The molecule has 0 unspecified atom stereocenters. The van der Waals surface area contributed by atoms with Gasteiger partial charge in [-0.25, -0.2) is 0 Å². The first-order chi connectivity index (χ1) is 10.2. The number of halogens is 3. The summed E-state index contributed by atoms with van der Waals surface area (Å²) in [5.41, 5.74) is -0.0451. The van der Waals surface area contributed by atoms with Gasteiger partial charge in [0, 0.05) is 31.2 Å². The minimum absolute atomic E-state index is 0.161. The van der Waals surface area contributed by atoms with Crippen LogP contribution in [0.1, 0.15) is 44.7 Å². The maximum absolute atomic E-state index is 13.0. The van der Waals surface area contributed by atoms with E-state index in [0.717, 1.165) is 32.0 Å². The summed E-state index contributed by atoms with van der Waals surface area (Å²) >= 11 is 0. The Morgan fingerprint density at radius 2 is 1.68 bits per heavy atom. The average molecular weight is 314 g/mol. The van der Waals surface area contributed by atoms with E-state index in [1.165, 1.54) is 6.07 Å². The number of alkyl halides is 3. The van der Waals surface area contributed by atoms with Crippen LogP contribution in [0.5, 0.6) is 0 Å². The van der Waals surface area contributed by atoms with Crippen LogP contribution in [0.3, 0.4) is 0 Å². The number of benzene rings is 1. The highest BCUT2D eigenvalue weighted by Gasteiger charge is 2.33. The van der Waals surface area contributed by atoms with Crippen molar-refractivity contribution >= 4 is 0 Å². The van der Waals surface area contributed by atoms with Crippen molar-refractivity contribution in [2.75, 3.05) is 13.1 Å². The lowest BCUT2D eigenvalue weighted by molar-refractivity contribution is -0.138. The van der Waals surface area contributed by atoms with Gasteiger partial charge in [-0.15, -0.1) is 0 Å². The van der Waals surface area contributed by atoms with Gasteiger partial charge in [-0.05, 0) is 45.2 Å². The van der Waals surface area contributed by atoms with Crippen molar-refractivity contribution in [2.45, 2.75) is 57.9 Å². The van der Waals surface area contributed by atoms with Crippen molar-refractivity contribution in [3.05, 3.63) is 35.4 Å². The Labute approximate surface area is 130 Å². The molecule has 1 aliphatic rings. The molecule has 0 saturated carbocycles. The molecule has 124 valence electrons. The molecule has 2 rings (SSSR count). The summed E-state index contributed by atoms with van der Waals surface area (Å²) in [5.74, 6) is 0. The molecule has 0 atom stereocenters. The highest BCUT2D eigenvalue weighted by Crippen LogP contribution is 2.32. The summed E-state index contributed by atoms with van der Waals surface area (Å²) in [5, 5.41) is 3.30. The molecule has 1 aromatic carbocycles. The first kappa shape index (κ1) is 17.3. The van der Waals surface area contributed by atoms with E-state index in [9.17, 15) is 13.2 Å². The SMILES string of the molecule is CC(C)(C)N1CCC(NCc2ccccc2C(F)(F)F)CC1. The molecule has 0 aromatic heterocycles. The van der Waals surface area contributed by atoms with Gasteiger partial charge in [-0.3, -0.25) is 4.90 Å². The zero-order valence-corrected chi connectivity index (χ0v) is 13.5. The van der Waals surface area contributed by atoms with Crippen molar-refractivity contribution in [1.29, 1.82) is 0 Å². The highest BCUT2D eigenvalue weighted by atomic mass is 19.4. The van der Waals surface area contributed by atoms with E-state index < -0.39 is 11.7 Å². The van der Waals surface area contributed by atoms with Crippen LogP contribution in [0.15, 0.2) is 24.3 Å². The zero-order chi connectivity index (χ0) is 16.4. The highest BCUT2D eigenvalue weighted by molar-refractivity contribution is 5.29. The summed E-state index contributed by atoms with van der Waals surface area (Å²) in [7, 11) is 0. The largest absolute Gasteiger partial charge is 0.416 e. The van der Waals surface area contributed by atoms with E-state index in [1.54, 1.807) is 12.1 Å². The zero-order valence-electron chi connectivity index (χ0n) is 13.5. The lowest BCUT2D eigenvalue weighted by Gasteiger charge is -2.41. The summed E-state index contributed by atoms with van der Waals surface area (Å²) in [4.78, 5) is 2.43. The van der Waals surface area contributed by atoms with Crippen molar-refractivity contribution in [3.8, 4) is 0 Å². The van der Waals surface area contributed by atoms with Crippen LogP contribution in [0.25, 0.3) is 0 Å². The molecule has 1 fully saturated rings. The predicted molar refractivity (Wildman–Crippen MR) is 82.6 cm³/mol. The standard InChI is InChI=1S/C17H25F3N2/c1-16(2,3)22-10-8-14(9-11-22)21-12-13-6-4-5-7-15(13)17(18,19)20/h4-7,14,21H,8-12H2,1-3H3. The van der Waals surface area contributed by atoms with Gasteiger partial charge in [0.25, 0.3) is 0 Å². The molecule has 0 radical (unpaired) electrons. The molecule has 1 saturated heterocycles. The van der Waals surface area contributed by atoms with Gasteiger partial charge in [0.05, 0.1) is 5.56 Å². The van der Waals surface area contributed by atoms with Crippen LogP contribution in [0.4, 0.5) is 13.2 Å². The Kier molecular flexibility index (Phi) is 5.17. The Balaban J connectivity index is 1.90. The van der Waals surface area contributed by atoms with E-state index in [0.29, 0.717) is 11.6 Å². The van der Waals surface area contributed by atoms with Gasteiger partial charge in [0.2, 0.25) is 0 Å². The van der Waals surface area contributed by atoms with Crippen molar-refractivity contribution in [1.82, 2.24) is 10.2 Å². The molecular formula is C17H25F3N2. The fraction of sp³-hybridized carbons (Fsp3) is 0.647. The van der Waals surface area contributed by atoms with Crippen molar-refractivity contribution in [2.24, 2.45) is 0 Å². The molecule has 0 bridgehead atoms. The molecule has 1 aromatic rings. The molecule has 0 aliphatic carbocycles. The minimum Gasteiger partial charge on any atom is -0.310 e. The molecule has 1 N–H and O–H groups in total. The first-order valence-corrected chi connectivity index (χ1v) is 7.81. The van der Waals surface area contributed by atoms with E-state index in [-0.39, 0.29) is 12.1 Å². The van der Waals surface area contributed by atoms with Crippen molar-refractivity contribution < 1.29 is 13.2 Å². The number of nitrogens with zero attached hydrogens (tertiary/aromatic N) is 1. The number of rotatable bonds is 3. The van der Waals surface area contributed by atoms with Crippen LogP contribution >= 0.6 is 0 Å². The number of piperidine rings is 1. The summed E-state index contributed by atoms with van der Waals surface area (Å²) < 4.78 is 38.9. The normalized spacial score (nSPS) is 18.6. The van der Waals surface area contributed by atoms with Gasteiger partial charge in [-0.2, -0.15) is 13.2 Å². The third kappa shape index (κ3) is 4.46. The Morgan fingerprint density at radius 3 is 2.23 bits per heavy atom. The fourth-order valence-corrected chi connectivity index (χ4v) is 2.96. The third-order valence-electron chi connectivity index (χ3n) is 4.35. The van der Waals surface area contributed by atoms with Crippen LogP contribution in [0, 0.1) is 0 Å².